The third kappa shape index (κ3) is 2.82. The molecular formula is C13H17O2. The van der Waals surface area contributed by atoms with Crippen LogP contribution in [0.3, 0.4) is 0 Å². The Kier molecular flexibility index (Phi) is 4.35. The van der Waals surface area contributed by atoms with Gasteiger partial charge in [0.2, 0.25) is 0 Å². The SMILES string of the molecule is CCCC(O[C]=O)c1cccc(C)c1C. The molecule has 1 atom stereocenters. The molecule has 0 fully saturated rings. The van der Waals surface area contributed by atoms with Gasteiger partial charge in [0.05, 0.1) is 0 Å². The van der Waals surface area contributed by atoms with E-state index in [1.54, 1.807) is 6.47 Å². The third-order valence-electron chi connectivity index (χ3n) is 2.73. The minimum absolute atomic E-state index is 0.146. The minimum atomic E-state index is -0.146. The third-order valence-corrected chi connectivity index (χ3v) is 2.73. The molecule has 2 heteroatoms. The van der Waals surface area contributed by atoms with Crippen molar-refractivity contribution in [3.63, 3.8) is 0 Å². The first-order valence-electron chi connectivity index (χ1n) is 5.29. The molecule has 0 aliphatic heterocycles. The van der Waals surface area contributed by atoms with Crippen LogP contribution in [0.1, 0.15) is 42.6 Å². The Morgan fingerprint density at radius 3 is 2.73 bits per heavy atom. The zero-order valence-electron chi connectivity index (χ0n) is 9.54. The molecule has 0 aliphatic rings. The highest BCUT2D eigenvalue weighted by atomic mass is 16.5. The van der Waals surface area contributed by atoms with Crippen LogP contribution in [-0.4, -0.2) is 6.47 Å². The Balaban J connectivity index is 2.99. The van der Waals surface area contributed by atoms with E-state index < -0.39 is 0 Å². The van der Waals surface area contributed by atoms with Crippen molar-refractivity contribution in [1.29, 1.82) is 0 Å². The van der Waals surface area contributed by atoms with Crippen LogP contribution in [0.5, 0.6) is 0 Å². The summed E-state index contributed by atoms with van der Waals surface area (Å²) >= 11 is 0. The smallest absolute Gasteiger partial charge is 0.418 e. The molecule has 0 aliphatic carbocycles. The van der Waals surface area contributed by atoms with E-state index in [0.29, 0.717) is 0 Å². The Hall–Kier alpha value is -1.31. The van der Waals surface area contributed by atoms with Crippen LogP contribution in [0.15, 0.2) is 18.2 Å². The fourth-order valence-electron chi connectivity index (χ4n) is 1.72. The maximum atomic E-state index is 10.3. The molecule has 0 heterocycles. The first kappa shape index (κ1) is 11.8. The monoisotopic (exact) mass is 205 g/mol. The van der Waals surface area contributed by atoms with Gasteiger partial charge < -0.3 is 4.74 Å². The predicted molar refractivity (Wildman–Crippen MR) is 60.3 cm³/mol. The largest absolute Gasteiger partial charge is 0.449 e. The highest BCUT2D eigenvalue weighted by Crippen LogP contribution is 2.26. The Labute approximate surface area is 91.3 Å². The first-order chi connectivity index (χ1) is 7.20. The molecule has 1 radical (unpaired) electrons. The molecular weight excluding hydrogens is 188 g/mol. The number of hydrogen-bond donors (Lipinski definition) is 0. The summed E-state index contributed by atoms with van der Waals surface area (Å²) < 4.78 is 5.00. The number of benzene rings is 1. The maximum Gasteiger partial charge on any atom is 0.418 e. The van der Waals surface area contributed by atoms with Gasteiger partial charge >= 0.3 is 6.47 Å². The number of rotatable bonds is 5. The zero-order valence-corrected chi connectivity index (χ0v) is 9.54. The molecule has 0 N–H and O–H groups in total. The second-order valence-corrected chi connectivity index (χ2v) is 3.77. The quantitative estimate of drug-likeness (QED) is 0.737. The Morgan fingerprint density at radius 1 is 1.40 bits per heavy atom. The van der Waals surface area contributed by atoms with Gasteiger partial charge in [-0.15, -0.1) is 0 Å². The predicted octanol–water partition coefficient (Wildman–Crippen LogP) is 3.23. The molecule has 1 unspecified atom stereocenters. The van der Waals surface area contributed by atoms with Crippen molar-refractivity contribution in [3.8, 4) is 0 Å². The molecule has 1 rings (SSSR count). The number of ether oxygens (including phenoxy) is 1. The molecule has 15 heavy (non-hydrogen) atoms. The maximum absolute atomic E-state index is 10.3. The molecule has 0 spiro atoms. The first-order valence-corrected chi connectivity index (χ1v) is 5.29. The highest BCUT2D eigenvalue weighted by molar-refractivity contribution is 5.41. The molecule has 1 aromatic rings. The van der Waals surface area contributed by atoms with Crippen molar-refractivity contribution in [2.24, 2.45) is 0 Å². The van der Waals surface area contributed by atoms with Gasteiger partial charge in [0, 0.05) is 0 Å². The number of aryl methyl sites for hydroxylation is 1. The van der Waals surface area contributed by atoms with Crippen LogP contribution in [0.25, 0.3) is 0 Å². The van der Waals surface area contributed by atoms with Crippen LogP contribution in [0, 0.1) is 13.8 Å². The topological polar surface area (TPSA) is 26.3 Å². The lowest BCUT2D eigenvalue weighted by Gasteiger charge is -2.17. The van der Waals surface area contributed by atoms with Gasteiger partial charge in [0.25, 0.3) is 0 Å². The van der Waals surface area contributed by atoms with Gasteiger partial charge in [0.1, 0.15) is 6.10 Å². The normalized spacial score (nSPS) is 12.2. The van der Waals surface area contributed by atoms with Crippen molar-refractivity contribution in [3.05, 3.63) is 34.9 Å². The van der Waals surface area contributed by atoms with Crippen molar-refractivity contribution in [2.75, 3.05) is 0 Å². The average Bonchev–Trinajstić information content (AvgIpc) is 2.22. The lowest BCUT2D eigenvalue weighted by atomic mass is 9.97. The Morgan fingerprint density at radius 2 is 2.13 bits per heavy atom. The van der Waals surface area contributed by atoms with Crippen LogP contribution in [0.2, 0.25) is 0 Å². The summed E-state index contributed by atoms with van der Waals surface area (Å²) in [5.74, 6) is 0. The van der Waals surface area contributed by atoms with Crippen molar-refractivity contribution >= 4 is 6.47 Å². The summed E-state index contributed by atoms with van der Waals surface area (Å²) in [5.41, 5.74) is 3.52. The van der Waals surface area contributed by atoms with Gasteiger partial charge in [-0.3, -0.25) is 0 Å². The molecule has 0 saturated heterocycles. The second-order valence-electron chi connectivity index (χ2n) is 3.77. The van der Waals surface area contributed by atoms with E-state index in [1.807, 2.05) is 12.1 Å². The van der Waals surface area contributed by atoms with E-state index in [2.05, 4.69) is 26.8 Å². The van der Waals surface area contributed by atoms with E-state index in [-0.39, 0.29) is 6.10 Å². The number of hydrogen-bond acceptors (Lipinski definition) is 2. The van der Waals surface area contributed by atoms with Crippen LogP contribution in [0.4, 0.5) is 0 Å². The van der Waals surface area contributed by atoms with Crippen LogP contribution >= 0.6 is 0 Å². The molecule has 0 amide bonds. The van der Waals surface area contributed by atoms with E-state index in [0.717, 1.165) is 18.4 Å². The van der Waals surface area contributed by atoms with Crippen LogP contribution < -0.4 is 0 Å². The average molecular weight is 205 g/mol. The molecule has 0 bridgehead atoms. The van der Waals surface area contributed by atoms with Gasteiger partial charge in [-0.1, -0.05) is 31.5 Å². The van der Waals surface area contributed by atoms with E-state index in [9.17, 15) is 4.79 Å². The fourth-order valence-corrected chi connectivity index (χ4v) is 1.72. The van der Waals surface area contributed by atoms with Gasteiger partial charge in [0.15, 0.2) is 0 Å². The lowest BCUT2D eigenvalue weighted by Crippen LogP contribution is -2.05. The van der Waals surface area contributed by atoms with Gasteiger partial charge in [-0.25, -0.2) is 4.79 Å². The molecule has 2 nitrogen and oxygen atoms in total. The summed E-state index contributed by atoms with van der Waals surface area (Å²) in [5, 5.41) is 0. The summed E-state index contributed by atoms with van der Waals surface area (Å²) in [4.78, 5) is 10.3. The summed E-state index contributed by atoms with van der Waals surface area (Å²) in [6.07, 6.45) is 1.69. The van der Waals surface area contributed by atoms with Gasteiger partial charge in [-0.2, -0.15) is 0 Å². The number of carbonyl (C=O) groups excluding carboxylic acids is 1. The standard InChI is InChI=1S/C13H17O2/c1-4-6-13(15-9-14)12-8-5-7-10(2)11(12)3/h5,7-8,13H,4,6H2,1-3H3. The lowest BCUT2D eigenvalue weighted by molar-refractivity contribution is 0.168. The van der Waals surface area contributed by atoms with Crippen molar-refractivity contribution in [2.45, 2.75) is 39.7 Å². The molecule has 81 valence electrons. The van der Waals surface area contributed by atoms with Crippen molar-refractivity contribution < 1.29 is 9.53 Å². The van der Waals surface area contributed by atoms with Crippen molar-refractivity contribution in [1.82, 2.24) is 0 Å². The Bertz CT molecular complexity index is 331. The molecule has 1 aromatic carbocycles. The summed E-state index contributed by atoms with van der Waals surface area (Å²) in [6, 6.07) is 6.07. The summed E-state index contributed by atoms with van der Waals surface area (Å²) in [6.45, 7) is 7.74. The highest BCUT2D eigenvalue weighted by Gasteiger charge is 2.14. The van der Waals surface area contributed by atoms with Gasteiger partial charge in [-0.05, 0) is 37.0 Å². The second kappa shape index (κ2) is 5.54. The zero-order chi connectivity index (χ0) is 11.3. The molecule has 0 saturated carbocycles. The summed E-state index contributed by atoms with van der Waals surface area (Å²) in [7, 11) is 0. The van der Waals surface area contributed by atoms with Crippen LogP contribution in [-0.2, 0) is 9.53 Å². The fraction of sp³-hybridized carbons (Fsp3) is 0.462. The van der Waals surface area contributed by atoms with E-state index >= 15 is 0 Å². The van der Waals surface area contributed by atoms with E-state index in [4.69, 9.17) is 4.74 Å². The van der Waals surface area contributed by atoms with E-state index in [1.165, 1.54) is 11.1 Å². The molecule has 0 aromatic heterocycles. The minimum Gasteiger partial charge on any atom is -0.449 e.